The Morgan fingerprint density at radius 3 is 2.71 bits per heavy atom. The van der Waals surface area contributed by atoms with Crippen LogP contribution in [-0.2, 0) is 4.74 Å². The van der Waals surface area contributed by atoms with Crippen LogP contribution in [0, 0.1) is 16.7 Å². The Labute approximate surface area is 127 Å². The lowest BCUT2D eigenvalue weighted by molar-refractivity contribution is -0.0756. The first-order valence-corrected chi connectivity index (χ1v) is 8.00. The van der Waals surface area contributed by atoms with Gasteiger partial charge in [-0.15, -0.1) is 0 Å². The summed E-state index contributed by atoms with van der Waals surface area (Å²) >= 11 is 0. The minimum atomic E-state index is -0.598. The number of ether oxygens (including phenoxy) is 1. The average molecular weight is 289 g/mol. The highest BCUT2D eigenvalue weighted by Crippen LogP contribution is 2.66. The van der Waals surface area contributed by atoms with Crippen molar-refractivity contribution in [2.45, 2.75) is 52.2 Å². The van der Waals surface area contributed by atoms with Crippen molar-refractivity contribution in [3.63, 3.8) is 0 Å². The summed E-state index contributed by atoms with van der Waals surface area (Å²) in [5.74, 6) is 0.761. The van der Waals surface area contributed by atoms with Crippen LogP contribution in [-0.4, -0.2) is 17.8 Å². The van der Waals surface area contributed by atoms with E-state index in [9.17, 15) is 5.11 Å². The molecule has 21 heavy (non-hydrogen) atoms. The van der Waals surface area contributed by atoms with Crippen molar-refractivity contribution in [1.29, 1.82) is 0 Å². The van der Waals surface area contributed by atoms with E-state index >= 15 is 0 Å². The molecule has 116 valence electrons. The Bertz CT molecular complexity index is 528. The molecule has 0 amide bonds. The van der Waals surface area contributed by atoms with Gasteiger partial charge in [-0.3, -0.25) is 0 Å². The summed E-state index contributed by atoms with van der Waals surface area (Å²) in [4.78, 5) is 0. The van der Waals surface area contributed by atoms with E-state index in [2.05, 4.69) is 20.8 Å². The number of nitrogen functional groups attached to an aromatic ring is 1. The normalized spacial score (nSPS) is 35.0. The zero-order valence-electron chi connectivity index (χ0n) is 13.3. The number of aliphatic hydroxyl groups excluding tert-OH is 1. The van der Waals surface area contributed by atoms with Crippen molar-refractivity contribution in [2.24, 2.45) is 16.7 Å². The number of hydrogen-bond acceptors (Lipinski definition) is 3. The van der Waals surface area contributed by atoms with Gasteiger partial charge < -0.3 is 15.6 Å². The van der Waals surface area contributed by atoms with Gasteiger partial charge in [-0.1, -0.05) is 32.9 Å². The van der Waals surface area contributed by atoms with Crippen molar-refractivity contribution in [1.82, 2.24) is 0 Å². The number of nitrogens with two attached hydrogens (primary N) is 1. The van der Waals surface area contributed by atoms with Gasteiger partial charge in [-0.25, -0.2) is 0 Å². The molecule has 2 fully saturated rings. The standard InChI is InChI=1S/C18H27NO2/c1-17(2)13-7-8-18(17,3)16(10-13)21-11-15(20)12-5-4-6-14(19)9-12/h4-6,9,13,15-16,20H,7-8,10-11,19H2,1-3H3. The summed E-state index contributed by atoms with van der Waals surface area (Å²) in [6.45, 7) is 7.47. The maximum Gasteiger partial charge on any atom is 0.102 e. The molecule has 0 radical (unpaired) electrons. The number of anilines is 1. The second kappa shape index (κ2) is 4.99. The monoisotopic (exact) mass is 289 g/mol. The van der Waals surface area contributed by atoms with E-state index in [4.69, 9.17) is 10.5 Å². The van der Waals surface area contributed by atoms with Crippen molar-refractivity contribution in [3.8, 4) is 0 Å². The van der Waals surface area contributed by atoms with E-state index in [0.29, 0.717) is 17.7 Å². The van der Waals surface area contributed by atoms with Crippen molar-refractivity contribution in [3.05, 3.63) is 29.8 Å². The van der Waals surface area contributed by atoms with Gasteiger partial charge in [0, 0.05) is 5.69 Å². The molecule has 0 saturated heterocycles. The lowest BCUT2D eigenvalue weighted by atomic mass is 9.70. The fourth-order valence-corrected chi connectivity index (χ4v) is 4.45. The fourth-order valence-electron chi connectivity index (χ4n) is 4.45. The molecule has 0 heterocycles. The molecule has 3 heteroatoms. The molecule has 3 nitrogen and oxygen atoms in total. The quantitative estimate of drug-likeness (QED) is 0.834. The van der Waals surface area contributed by atoms with E-state index in [1.165, 1.54) is 12.8 Å². The summed E-state index contributed by atoms with van der Waals surface area (Å²) in [5, 5.41) is 10.3. The predicted octanol–water partition coefficient (Wildman–Crippen LogP) is 3.53. The summed E-state index contributed by atoms with van der Waals surface area (Å²) in [7, 11) is 0. The average Bonchev–Trinajstić information content (AvgIpc) is 2.77. The highest BCUT2D eigenvalue weighted by Gasteiger charge is 2.61. The van der Waals surface area contributed by atoms with Crippen LogP contribution >= 0.6 is 0 Å². The minimum Gasteiger partial charge on any atom is -0.399 e. The van der Waals surface area contributed by atoms with Crippen LogP contribution in [0.4, 0.5) is 5.69 Å². The first kappa shape index (κ1) is 14.9. The second-order valence-electron chi connectivity index (χ2n) is 7.62. The van der Waals surface area contributed by atoms with E-state index in [1.807, 2.05) is 24.3 Å². The molecule has 4 unspecified atom stereocenters. The number of benzene rings is 1. The van der Waals surface area contributed by atoms with Crippen molar-refractivity contribution in [2.75, 3.05) is 12.3 Å². The molecule has 3 N–H and O–H groups in total. The van der Waals surface area contributed by atoms with Crippen molar-refractivity contribution < 1.29 is 9.84 Å². The molecule has 2 aliphatic rings. The third kappa shape index (κ3) is 2.27. The Balaban J connectivity index is 1.64. The van der Waals surface area contributed by atoms with Gasteiger partial charge in [0.15, 0.2) is 0 Å². The van der Waals surface area contributed by atoms with Crippen LogP contribution in [0.2, 0.25) is 0 Å². The molecule has 2 aliphatic carbocycles. The number of hydrogen-bond donors (Lipinski definition) is 2. The fraction of sp³-hybridized carbons (Fsp3) is 0.667. The van der Waals surface area contributed by atoms with Gasteiger partial charge in [0.1, 0.15) is 6.10 Å². The molecule has 1 aromatic carbocycles. The van der Waals surface area contributed by atoms with Crippen LogP contribution in [0.3, 0.4) is 0 Å². The second-order valence-corrected chi connectivity index (χ2v) is 7.62. The molecule has 0 aromatic heterocycles. The molecular weight excluding hydrogens is 262 g/mol. The van der Waals surface area contributed by atoms with E-state index in [-0.39, 0.29) is 11.5 Å². The lowest BCUT2D eigenvalue weighted by Crippen LogP contribution is -2.37. The summed E-state index contributed by atoms with van der Waals surface area (Å²) < 4.78 is 6.14. The van der Waals surface area contributed by atoms with Gasteiger partial charge in [0.2, 0.25) is 0 Å². The molecule has 0 spiro atoms. The van der Waals surface area contributed by atoms with Gasteiger partial charge in [0.05, 0.1) is 12.7 Å². The van der Waals surface area contributed by atoms with E-state index in [1.54, 1.807) is 0 Å². The van der Waals surface area contributed by atoms with Crippen LogP contribution in [0.25, 0.3) is 0 Å². The Morgan fingerprint density at radius 2 is 2.14 bits per heavy atom. The van der Waals surface area contributed by atoms with Crippen LogP contribution in [0.1, 0.15) is 51.7 Å². The lowest BCUT2D eigenvalue weighted by Gasteiger charge is -2.39. The first-order chi connectivity index (χ1) is 9.84. The largest absolute Gasteiger partial charge is 0.399 e. The molecule has 1 aromatic rings. The Morgan fingerprint density at radius 1 is 1.38 bits per heavy atom. The highest BCUT2D eigenvalue weighted by atomic mass is 16.5. The molecule has 0 aliphatic heterocycles. The van der Waals surface area contributed by atoms with Gasteiger partial charge in [-0.2, -0.15) is 0 Å². The smallest absolute Gasteiger partial charge is 0.102 e. The Hall–Kier alpha value is -1.06. The zero-order chi connectivity index (χ0) is 15.3. The van der Waals surface area contributed by atoms with Crippen LogP contribution in [0.5, 0.6) is 0 Å². The minimum absolute atomic E-state index is 0.243. The number of rotatable bonds is 4. The first-order valence-electron chi connectivity index (χ1n) is 8.00. The van der Waals surface area contributed by atoms with Crippen LogP contribution < -0.4 is 5.73 Å². The third-order valence-corrected chi connectivity index (χ3v) is 6.46. The highest BCUT2D eigenvalue weighted by molar-refractivity contribution is 5.41. The molecule has 3 rings (SSSR count). The third-order valence-electron chi connectivity index (χ3n) is 6.46. The van der Waals surface area contributed by atoms with Gasteiger partial charge >= 0.3 is 0 Å². The maximum atomic E-state index is 10.3. The topological polar surface area (TPSA) is 55.5 Å². The van der Waals surface area contributed by atoms with E-state index < -0.39 is 6.10 Å². The predicted molar refractivity (Wildman–Crippen MR) is 84.8 cm³/mol. The molecular formula is C18H27NO2. The van der Waals surface area contributed by atoms with Crippen LogP contribution in [0.15, 0.2) is 24.3 Å². The maximum absolute atomic E-state index is 10.3. The zero-order valence-corrected chi connectivity index (χ0v) is 13.3. The summed E-state index contributed by atoms with van der Waals surface area (Å²) in [6.07, 6.45) is 3.36. The molecule has 2 bridgehead atoms. The summed E-state index contributed by atoms with van der Waals surface area (Å²) in [5.41, 5.74) is 7.87. The van der Waals surface area contributed by atoms with E-state index in [0.717, 1.165) is 17.9 Å². The SMILES string of the molecule is CC1(C)C2CCC1(C)C(OCC(O)c1cccc(N)c1)C2. The number of fused-ring (bicyclic) bond motifs is 2. The van der Waals surface area contributed by atoms with Gasteiger partial charge in [-0.05, 0) is 53.7 Å². The van der Waals surface area contributed by atoms with Gasteiger partial charge in [0.25, 0.3) is 0 Å². The summed E-state index contributed by atoms with van der Waals surface area (Å²) in [6, 6.07) is 7.42. The Kier molecular flexibility index (Phi) is 3.53. The molecule has 2 saturated carbocycles. The number of aliphatic hydroxyl groups is 1. The molecule has 4 atom stereocenters. The van der Waals surface area contributed by atoms with Crippen molar-refractivity contribution >= 4 is 5.69 Å².